The van der Waals surface area contributed by atoms with Crippen LogP contribution in [-0.2, 0) is 0 Å². The van der Waals surface area contributed by atoms with Crippen LogP contribution in [0.5, 0.6) is 0 Å². The van der Waals surface area contributed by atoms with Gasteiger partial charge in [0.15, 0.2) is 0 Å². The van der Waals surface area contributed by atoms with Crippen molar-refractivity contribution in [2.24, 2.45) is 0 Å². The molecule has 4 heteroatoms. The Kier molecular flexibility index (Phi) is 4.02. The first-order chi connectivity index (χ1) is 9.63. The zero-order chi connectivity index (χ0) is 14.5. The summed E-state index contributed by atoms with van der Waals surface area (Å²) >= 11 is 0. The second-order valence-corrected chi connectivity index (χ2v) is 4.43. The van der Waals surface area contributed by atoms with Gasteiger partial charge in [-0.3, -0.25) is 4.79 Å². The van der Waals surface area contributed by atoms with E-state index in [0.29, 0.717) is 16.8 Å². The zero-order valence-corrected chi connectivity index (χ0v) is 11.4. The van der Waals surface area contributed by atoms with Crippen LogP contribution >= 0.6 is 0 Å². The van der Waals surface area contributed by atoms with Crippen LogP contribution < -0.4 is 10.6 Å². The first-order valence-electron chi connectivity index (χ1n) is 6.24. The lowest BCUT2D eigenvalue weighted by Crippen LogP contribution is -2.13. The highest BCUT2D eigenvalue weighted by atomic mass is 16.1. The standard InChI is InChI=1S/C16H15N3O/c1-11-8-13(18-2)6-7-15(11)16(20)19-14-5-3-4-12(9-14)10-17/h3-9,18H,1-2H3,(H,19,20). The molecule has 0 heterocycles. The lowest BCUT2D eigenvalue weighted by atomic mass is 10.1. The largest absolute Gasteiger partial charge is 0.388 e. The lowest BCUT2D eigenvalue weighted by molar-refractivity contribution is 0.102. The van der Waals surface area contributed by atoms with Gasteiger partial charge in [0, 0.05) is 24.0 Å². The fourth-order valence-electron chi connectivity index (χ4n) is 1.94. The Hall–Kier alpha value is -2.80. The van der Waals surface area contributed by atoms with Crippen LogP contribution in [0.1, 0.15) is 21.5 Å². The summed E-state index contributed by atoms with van der Waals surface area (Å²) in [7, 11) is 1.84. The number of carbonyl (C=O) groups excluding carboxylic acids is 1. The van der Waals surface area contributed by atoms with E-state index < -0.39 is 0 Å². The van der Waals surface area contributed by atoms with E-state index in [2.05, 4.69) is 10.6 Å². The quantitative estimate of drug-likeness (QED) is 0.896. The van der Waals surface area contributed by atoms with Crippen LogP contribution in [-0.4, -0.2) is 13.0 Å². The van der Waals surface area contributed by atoms with Gasteiger partial charge in [0.2, 0.25) is 0 Å². The molecule has 0 aliphatic heterocycles. The van der Waals surface area contributed by atoms with Crippen LogP contribution in [0, 0.1) is 18.3 Å². The van der Waals surface area contributed by atoms with Gasteiger partial charge in [-0.1, -0.05) is 6.07 Å². The third-order valence-corrected chi connectivity index (χ3v) is 3.01. The number of nitrogens with one attached hydrogen (secondary N) is 2. The molecule has 0 saturated carbocycles. The Morgan fingerprint density at radius 1 is 1.15 bits per heavy atom. The minimum Gasteiger partial charge on any atom is -0.388 e. The first kappa shape index (κ1) is 13.6. The van der Waals surface area contributed by atoms with Crippen molar-refractivity contribution in [3.63, 3.8) is 0 Å². The number of nitrogens with zero attached hydrogens (tertiary/aromatic N) is 1. The van der Waals surface area contributed by atoms with Crippen LogP contribution in [0.15, 0.2) is 42.5 Å². The number of carbonyl (C=O) groups is 1. The van der Waals surface area contributed by atoms with Gasteiger partial charge < -0.3 is 10.6 Å². The van der Waals surface area contributed by atoms with Crippen molar-refractivity contribution < 1.29 is 4.79 Å². The molecule has 0 radical (unpaired) electrons. The summed E-state index contributed by atoms with van der Waals surface area (Å²) < 4.78 is 0. The molecular weight excluding hydrogens is 250 g/mol. The third kappa shape index (κ3) is 2.96. The van der Waals surface area contributed by atoms with E-state index in [-0.39, 0.29) is 5.91 Å². The van der Waals surface area contributed by atoms with Gasteiger partial charge in [0.25, 0.3) is 5.91 Å². The maximum absolute atomic E-state index is 12.2. The summed E-state index contributed by atoms with van der Waals surface area (Å²) in [6, 6.07) is 14.4. The number of amides is 1. The molecule has 2 aromatic carbocycles. The second-order valence-electron chi connectivity index (χ2n) is 4.43. The fraction of sp³-hybridized carbons (Fsp3) is 0.125. The maximum Gasteiger partial charge on any atom is 0.255 e. The lowest BCUT2D eigenvalue weighted by Gasteiger charge is -2.09. The molecular formula is C16H15N3O. The third-order valence-electron chi connectivity index (χ3n) is 3.01. The summed E-state index contributed by atoms with van der Waals surface area (Å²) in [4.78, 5) is 12.2. The molecule has 0 spiro atoms. The highest BCUT2D eigenvalue weighted by Gasteiger charge is 2.09. The topological polar surface area (TPSA) is 64.9 Å². The number of nitriles is 1. The van der Waals surface area contributed by atoms with Crippen LogP contribution in [0.2, 0.25) is 0 Å². The van der Waals surface area contributed by atoms with Crippen molar-refractivity contribution in [2.45, 2.75) is 6.92 Å². The minimum atomic E-state index is -0.180. The zero-order valence-electron chi connectivity index (χ0n) is 11.4. The number of hydrogen-bond donors (Lipinski definition) is 2. The average Bonchev–Trinajstić information content (AvgIpc) is 2.47. The van der Waals surface area contributed by atoms with Crippen molar-refractivity contribution in [1.29, 1.82) is 5.26 Å². The van der Waals surface area contributed by atoms with E-state index in [1.807, 2.05) is 32.2 Å². The van der Waals surface area contributed by atoms with Gasteiger partial charge in [0.05, 0.1) is 11.6 Å². The second kappa shape index (κ2) is 5.89. The monoisotopic (exact) mass is 265 g/mol. The molecule has 0 fully saturated rings. The summed E-state index contributed by atoms with van der Waals surface area (Å²) in [6.45, 7) is 1.89. The summed E-state index contributed by atoms with van der Waals surface area (Å²) in [5, 5.41) is 14.7. The summed E-state index contributed by atoms with van der Waals surface area (Å²) in [5.74, 6) is -0.180. The molecule has 20 heavy (non-hydrogen) atoms. The van der Waals surface area contributed by atoms with Crippen molar-refractivity contribution in [3.05, 3.63) is 59.2 Å². The Morgan fingerprint density at radius 2 is 1.95 bits per heavy atom. The average molecular weight is 265 g/mol. The Bertz CT molecular complexity index is 686. The molecule has 0 unspecified atom stereocenters. The Balaban J connectivity index is 2.22. The number of rotatable bonds is 3. The highest BCUT2D eigenvalue weighted by Crippen LogP contribution is 2.17. The molecule has 4 nitrogen and oxygen atoms in total. The fourth-order valence-corrected chi connectivity index (χ4v) is 1.94. The number of hydrogen-bond acceptors (Lipinski definition) is 3. The molecule has 2 N–H and O–H groups in total. The molecule has 0 bridgehead atoms. The van der Waals surface area contributed by atoms with Gasteiger partial charge in [0.1, 0.15) is 0 Å². The molecule has 0 atom stereocenters. The first-order valence-corrected chi connectivity index (χ1v) is 6.24. The van der Waals surface area contributed by atoms with Crippen molar-refractivity contribution in [1.82, 2.24) is 0 Å². The molecule has 0 aliphatic rings. The molecule has 0 aromatic heterocycles. The summed E-state index contributed by atoms with van der Waals surface area (Å²) in [5.41, 5.74) is 3.61. The van der Waals surface area contributed by atoms with E-state index in [4.69, 9.17) is 5.26 Å². The predicted octanol–water partition coefficient (Wildman–Crippen LogP) is 3.16. The predicted molar refractivity (Wildman–Crippen MR) is 79.8 cm³/mol. The normalized spacial score (nSPS) is 9.65. The molecule has 0 aliphatic carbocycles. The number of aryl methyl sites for hydroxylation is 1. The number of anilines is 2. The number of benzene rings is 2. The molecule has 100 valence electrons. The van der Waals surface area contributed by atoms with E-state index >= 15 is 0 Å². The van der Waals surface area contributed by atoms with Gasteiger partial charge >= 0.3 is 0 Å². The van der Waals surface area contributed by atoms with Gasteiger partial charge in [-0.2, -0.15) is 5.26 Å². The SMILES string of the molecule is CNc1ccc(C(=O)Nc2cccc(C#N)c2)c(C)c1. The van der Waals surface area contributed by atoms with Crippen molar-refractivity contribution in [3.8, 4) is 6.07 Å². The Labute approximate surface area is 118 Å². The van der Waals surface area contributed by atoms with Crippen LogP contribution in [0.25, 0.3) is 0 Å². The molecule has 0 saturated heterocycles. The smallest absolute Gasteiger partial charge is 0.255 e. The molecule has 2 rings (SSSR count). The van der Waals surface area contributed by atoms with Gasteiger partial charge in [-0.15, -0.1) is 0 Å². The summed E-state index contributed by atoms with van der Waals surface area (Å²) in [6.07, 6.45) is 0. The van der Waals surface area contributed by atoms with E-state index in [9.17, 15) is 4.79 Å². The van der Waals surface area contributed by atoms with E-state index in [1.54, 1.807) is 30.3 Å². The van der Waals surface area contributed by atoms with E-state index in [0.717, 1.165) is 11.3 Å². The molecule has 1 amide bonds. The van der Waals surface area contributed by atoms with Crippen LogP contribution in [0.4, 0.5) is 11.4 Å². The van der Waals surface area contributed by atoms with Crippen LogP contribution in [0.3, 0.4) is 0 Å². The Morgan fingerprint density at radius 3 is 2.60 bits per heavy atom. The van der Waals surface area contributed by atoms with Gasteiger partial charge in [-0.05, 0) is 48.9 Å². The minimum absolute atomic E-state index is 0.180. The van der Waals surface area contributed by atoms with Crippen molar-refractivity contribution in [2.75, 3.05) is 17.7 Å². The van der Waals surface area contributed by atoms with Gasteiger partial charge in [-0.25, -0.2) is 0 Å². The maximum atomic E-state index is 12.2. The highest BCUT2D eigenvalue weighted by molar-refractivity contribution is 6.05. The van der Waals surface area contributed by atoms with E-state index in [1.165, 1.54) is 0 Å². The van der Waals surface area contributed by atoms with Crippen molar-refractivity contribution >= 4 is 17.3 Å². The molecule has 2 aromatic rings.